The number of benzene rings is 3. The molecule has 3 heterocycles. The van der Waals surface area contributed by atoms with Gasteiger partial charge in [-0.1, -0.05) is 18.2 Å². The minimum atomic E-state index is -0.514. The number of aromatic nitrogens is 1. The Labute approximate surface area is 204 Å². The molecule has 5 aromatic rings. The predicted octanol–water partition coefficient (Wildman–Crippen LogP) is 4.87. The van der Waals surface area contributed by atoms with Crippen LogP contribution < -0.4 is 14.9 Å². The van der Waals surface area contributed by atoms with Gasteiger partial charge in [-0.05, 0) is 35.9 Å². The van der Waals surface area contributed by atoms with Crippen LogP contribution in [0.15, 0.2) is 76.1 Å². The van der Waals surface area contributed by atoms with Gasteiger partial charge in [-0.15, -0.1) is 0 Å². The van der Waals surface area contributed by atoms with Gasteiger partial charge in [0.05, 0.1) is 19.0 Å². The third-order valence-electron chi connectivity index (χ3n) is 6.45. The van der Waals surface area contributed by atoms with Crippen molar-refractivity contribution in [1.82, 2.24) is 4.98 Å². The number of hydrogen-bond donors (Lipinski definition) is 2. The van der Waals surface area contributed by atoms with Crippen LogP contribution in [0.5, 0.6) is 23.0 Å². The van der Waals surface area contributed by atoms with Crippen molar-refractivity contribution in [2.24, 2.45) is 0 Å². The molecule has 6 rings (SSSR count). The molecule has 2 N–H and O–H groups in total. The van der Waals surface area contributed by atoms with E-state index in [1.165, 1.54) is 25.3 Å². The quantitative estimate of drug-likeness (QED) is 0.277. The largest absolute Gasteiger partial charge is 0.507 e. The fourth-order valence-electron chi connectivity index (χ4n) is 4.83. The van der Waals surface area contributed by atoms with Gasteiger partial charge in [0.1, 0.15) is 28.2 Å². The summed E-state index contributed by atoms with van der Waals surface area (Å²) >= 11 is 0. The maximum Gasteiger partial charge on any atom is 0.312 e. The lowest BCUT2D eigenvalue weighted by molar-refractivity contribution is -0.135. The van der Waals surface area contributed by atoms with Crippen LogP contribution >= 0.6 is 0 Å². The molecule has 8 nitrogen and oxygen atoms in total. The first-order valence-corrected chi connectivity index (χ1v) is 11.2. The van der Waals surface area contributed by atoms with Gasteiger partial charge in [0.2, 0.25) is 0 Å². The number of rotatable bonds is 3. The van der Waals surface area contributed by atoms with E-state index in [0.717, 1.165) is 16.5 Å². The zero-order valence-corrected chi connectivity index (χ0v) is 19.0. The van der Waals surface area contributed by atoms with E-state index >= 15 is 0 Å². The summed E-state index contributed by atoms with van der Waals surface area (Å²) in [6, 6.07) is 16.5. The molecule has 0 amide bonds. The monoisotopic (exact) mass is 481 g/mol. The van der Waals surface area contributed by atoms with Crippen LogP contribution in [0, 0.1) is 0 Å². The van der Waals surface area contributed by atoms with Gasteiger partial charge in [-0.25, -0.2) is 0 Å². The molecule has 178 valence electrons. The number of pyridine rings is 1. The number of hydrogen-bond acceptors (Lipinski definition) is 8. The highest BCUT2D eigenvalue weighted by Gasteiger charge is 2.34. The number of carbonyl (C=O) groups excluding carboxylic acids is 1. The topological polar surface area (TPSA) is 119 Å². The molecule has 1 aliphatic heterocycles. The molecule has 0 aliphatic carbocycles. The first-order valence-electron chi connectivity index (χ1n) is 11.2. The molecule has 0 saturated heterocycles. The highest BCUT2D eigenvalue weighted by Crippen LogP contribution is 2.47. The maximum absolute atomic E-state index is 13.2. The van der Waals surface area contributed by atoms with Gasteiger partial charge in [0, 0.05) is 40.8 Å². The second kappa shape index (κ2) is 8.13. The molecule has 0 spiro atoms. The third kappa shape index (κ3) is 3.34. The van der Waals surface area contributed by atoms with Gasteiger partial charge in [0.25, 0.3) is 0 Å². The summed E-state index contributed by atoms with van der Waals surface area (Å²) in [5.41, 5.74) is 2.13. The summed E-state index contributed by atoms with van der Waals surface area (Å²) in [7, 11) is 1.43. The number of aromatic hydroxyl groups is 2. The molecule has 0 unspecified atom stereocenters. The number of para-hydroxylation sites is 1. The van der Waals surface area contributed by atoms with Crippen LogP contribution in [0.1, 0.15) is 23.5 Å². The number of phenolic OH excluding ortho intramolecular Hbond substituents is 2. The van der Waals surface area contributed by atoms with Gasteiger partial charge in [-0.2, -0.15) is 0 Å². The van der Waals surface area contributed by atoms with Crippen molar-refractivity contribution in [3.8, 4) is 34.3 Å². The number of methoxy groups -OCH3 is 1. The van der Waals surface area contributed by atoms with Crippen molar-refractivity contribution < 1.29 is 28.9 Å². The van der Waals surface area contributed by atoms with Crippen molar-refractivity contribution >= 4 is 27.8 Å². The zero-order chi connectivity index (χ0) is 25.0. The Kier molecular flexibility index (Phi) is 4.89. The molecule has 0 bridgehead atoms. The van der Waals surface area contributed by atoms with Crippen molar-refractivity contribution in [1.29, 1.82) is 0 Å². The van der Waals surface area contributed by atoms with Gasteiger partial charge in [0.15, 0.2) is 16.9 Å². The van der Waals surface area contributed by atoms with E-state index in [1.807, 2.05) is 30.3 Å². The number of esters is 1. The Morgan fingerprint density at radius 2 is 1.83 bits per heavy atom. The summed E-state index contributed by atoms with van der Waals surface area (Å²) in [6.45, 7) is 0. The van der Waals surface area contributed by atoms with E-state index < -0.39 is 17.3 Å². The minimum Gasteiger partial charge on any atom is -0.507 e. The SMILES string of the molecule is COc1ccc(-c2cc(=O)c3c(O)cc4c(c3o2)[C@H](c2ccnc3ccccc23)CC(=O)O4)cc1O. The third-order valence-corrected chi connectivity index (χ3v) is 6.45. The first-order chi connectivity index (χ1) is 17.4. The average Bonchev–Trinajstić information content (AvgIpc) is 2.87. The van der Waals surface area contributed by atoms with Crippen molar-refractivity contribution in [3.05, 3.63) is 88.2 Å². The molecule has 36 heavy (non-hydrogen) atoms. The molecular formula is C28H19NO7. The number of phenols is 2. The average molecular weight is 481 g/mol. The van der Waals surface area contributed by atoms with Crippen molar-refractivity contribution in [2.75, 3.05) is 7.11 Å². The van der Waals surface area contributed by atoms with Crippen LogP contribution in [0.4, 0.5) is 0 Å². The highest BCUT2D eigenvalue weighted by atomic mass is 16.5. The zero-order valence-electron chi connectivity index (χ0n) is 19.0. The molecule has 1 atom stereocenters. The molecular weight excluding hydrogens is 462 g/mol. The summed E-state index contributed by atoms with van der Waals surface area (Å²) < 4.78 is 16.8. The summed E-state index contributed by atoms with van der Waals surface area (Å²) in [6.07, 6.45) is 1.68. The maximum atomic E-state index is 13.2. The standard InChI is InChI=1S/C28H19NO7/c1-34-22-7-6-14(10-19(22)30)23-12-20(31)27-21(32)13-24-26(28(27)36-23)17(11-25(33)35-24)15-8-9-29-18-5-3-2-4-16(15)18/h2-10,12-13,17,30,32H,11H2,1H3/t17-/m0/s1. The van der Waals surface area contributed by atoms with E-state index in [1.54, 1.807) is 18.3 Å². The van der Waals surface area contributed by atoms with Crippen molar-refractivity contribution in [3.63, 3.8) is 0 Å². The summed E-state index contributed by atoms with van der Waals surface area (Å²) in [5.74, 6) is -0.881. The van der Waals surface area contributed by atoms with Crippen LogP contribution in [0.25, 0.3) is 33.2 Å². The fraction of sp³-hybridized carbons (Fsp3) is 0.107. The Hall–Kier alpha value is -4.85. The van der Waals surface area contributed by atoms with E-state index in [0.29, 0.717) is 11.1 Å². The molecule has 1 aliphatic rings. The lowest BCUT2D eigenvalue weighted by atomic mass is 9.83. The lowest BCUT2D eigenvalue weighted by Gasteiger charge is -2.26. The Morgan fingerprint density at radius 3 is 2.64 bits per heavy atom. The molecule has 0 radical (unpaired) electrons. The molecule has 0 saturated carbocycles. The van der Waals surface area contributed by atoms with E-state index in [4.69, 9.17) is 13.9 Å². The van der Waals surface area contributed by atoms with Crippen molar-refractivity contribution in [2.45, 2.75) is 12.3 Å². The Balaban J connectivity index is 1.65. The Morgan fingerprint density at radius 1 is 1.00 bits per heavy atom. The number of nitrogens with zero attached hydrogens (tertiary/aromatic N) is 1. The van der Waals surface area contributed by atoms with Gasteiger partial charge >= 0.3 is 5.97 Å². The predicted molar refractivity (Wildman–Crippen MR) is 132 cm³/mol. The molecule has 8 heteroatoms. The second-order valence-corrected chi connectivity index (χ2v) is 8.52. The molecule has 0 fully saturated rings. The van der Waals surface area contributed by atoms with Crippen LogP contribution in [0.3, 0.4) is 0 Å². The van der Waals surface area contributed by atoms with E-state index in [9.17, 15) is 19.8 Å². The lowest BCUT2D eigenvalue weighted by Crippen LogP contribution is -2.22. The smallest absolute Gasteiger partial charge is 0.312 e. The summed E-state index contributed by atoms with van der Waals surface area (Å²) in [5, 5.41) is 21.8. The minimum absolute atomic E-state index is 0.0120. The molecule has 3 aromatic carbocycles. The second-order valence-electron chi connectivity index (χ2n) is 8.52. The number of ether oxygens (including phenoxy) is 2. The van der Waals surface area contributed by atoms with E-state index in [2.05, 4.69) is 4.98 Å². The summed E-state index contributed by atoms with van der Waals surface area (Å²) in [4.78, 5) is 30.2. The van der Waals surface area contributed by atoms with Crippen LogP contribution in [0.2, 0.25) is 0 Å². The van der Waals surface area contributed by atoms with Gasteiger partial charge in [-0.3, -0.25) is 14.6 Å². The van der Waals surface area contributed by atoms with Crippen LogP contribution in [-0.2, 0) is 4.79 Å². The van der Waals surface area contributed by atoms with Crippen LogP contribution in [-0.4, -0.2) is 28.3 Å². The normalized spacial score (nSPS) is 15.0. The number of fused-ring (bicyclic) bond motifs is 4. The molecule has 2 aromatic heterocycles. The van der Waals surface area contributed by atoms with E-state index in [-0.39, 0.29) is 46.1 Å². The fourth-order valence-corrected chi connectivity index (χ4v) is 4.83. The number of carbonyl (C=O) groups is 1. The van der Waals surface area contributed by atoms with Gasteiger partial charge < -0.3 is 24.1 Å². The highest BCUT2D eigenvalue weighted by molar-refractivity contribution is 5.94. The first kappa shape index (κ1) is 21.7. The Bertz CT molecular complexity index is 1750.